The van der Waals surface area contributed by atoms with Crippen LogP contribution in [0.25, 0.3) is 6.08 Å². The van der Waals surface area contributed by atoms with Crippen LogP contribution in [0.3, 0.4) is 0 Å². The smallest absolute Gasteiger partial charge is 0.244 e. The fraction of sp³-hybridized carbons (Fsp3) is 0.167. The molecule has 0 aliphatic rings. The molecule has 2 aromatic carbocycles. The van der Waals surface area contributed by atoms with Crippen molar-refractivity contribution in [3.8, 4) is 5.75 Å². The molecule has 2 aromatic rings. The van der Waals surface area contributed by atoms with Gasteiger partial charge in [-0.25, -0.2) is 4.39 Å². The summed E-state index contributed by atoms with van der Waals surface area (Å²) < 4.78 is 18.7. The standard InChI is InChI=1S/C18H17ClFNO3/c1-24-17-5-3-2-4-12(17)7-9-18(23)21-16(11-22)13-6-8-14(19)15(20)10-13/h2-10,16,22H,11H2,1H3,(H,21,23)/b9-7+. The number of carbonyl (C=O) groups is 1. The molecule has 1 unspecified atom stereocenters. The molecule has 0 saturated carbocycles. The lowest BCUT2D eigenvalue weighted by Crippen LogP contribution is -2.29. The zero-order valence-electron chi connectivity index (χ0n) is 13.0. The predicted octanol–water partition coefficient (Wildman–Crippen LogP) is 3.35. The molecule has 1 amide bonds. The normalized spacial score (nSPS) is 12.2. The Bertz CT molecular complexity index is 749. The van der Waals surface area contributed by atoms with Crippen molar-refractivity contribution in [2.24, 2.45) is 0 Å². The highest BCUT2D eigenvalue weighted by Crippen LogP contribution is 2.21. The van der Waals surface area contributed by atoms with E-state index in [1.54, 1.807) is 31.4 Å². The molecule has 6 heteroatoms. The monoisotopic (exact) mass is 349 g/mol. The Balaban J connectivity index is 2.09. The van der Waals surface area contributed by atoms with E-state index in [2.05, 4.69) is 5.32 Å². The van der Waals surface area contributed by atoms with E-state index in [1.807, 2.05) is 12.1 Å². The van der Waals surface area contributed by atoms with Crippen LogP contribution < -0.4 is 10.1 Å². The van der Waals surface area contributed by atoms with Crippen LogP contribution in [0.15, 0.2) is 48.5 Å². The average molecular weight is 350 g/mol. The maximum atomic E-state index is 13.5. The topological polar surface area (TPSA) is 58.6 Å². The number of rotatable bonds is 6. The lowest BCUT2D eigenvalue weighted by atomic mass is 10.1. The molecular weight excluding hydrogens is 333 g/mol. The number of methoxy groups -OCH3 is 1. The van der Waals surface area contributed by atoms with Crippen LogP contribution in [0.2, 0.25) is 5.02 Å². The van der Waals surface area contributed by atoms with Gasteiger partial charge in [0.15, 0.2) is 0 Å². The third kappa shape index (κ3) is 4.57. The molecule has 1 atom stereocenters. The lowest BCUT2D eigenvalue weighted by Gasteiger charge is -2.16. The Morgan fingerprint density at radius 1 is 1.38 bits per heavy atom. The van der Waals surface area contributed by atoms with Crippen LogP contribution in [0.1, 0.15) is 17.2 Å². The van der Waals surface area contributed by atoms with E-state index in [-0.39, 0.29) is 11.6 Å². The van der Waals surface area contributed by atoms with E-state index in [4.69, 9.17) is 16.3 Å². The number of aliphatic hydroxyl groups excluding tert-OH is 1. The Morgan fingerprint density at radius 2 is 2.12 bits per heavy atom. The number of benzene rings is 2. The van der Waals surface area contributed by atoms with Crippen molar-refractivity contribution in [1.29, 1.82) is 0 Å². The maximum absolute atomic E-state index is 13.5. The van der Waals surface area contributed by atoms with Crippen molar-refractivity contribution in [2.45, 2.75) is 6.04 Å². The van der Waals surface area contributed by atoms with Gasteiger partial charge in [0, 0.05) is 11.6 Å². The highest BCUT2D eigenvalue weighted by molar-refractivity contribution is 6.30. The molecule has 0 aliphatic carbocycles. The van der Waals surface area contributed by atoms with Crippen molar-refractivity contribution in [1.82, 2.24) is 5.32 Å². The van der Waals surface area contributed by atoms with Gasteiger partial charge in [-0.2, -0.15) is 0 Å². The molecular formula is C18H17ClFNO3. The molecule has 0 bridgehead atoms. The minimum Gasteiger partial charge on any atom is -0.496 e. The third-order valence-electron chi connectivity index (χ3n) is 3.40. The molecule has 0 aromatic heterocycles. The number of carbonyl (C=O) groups excluding carboxylic acids is 1. The van der Waals surface area contributed by atoms with Crippen LogP contribution in [0.5, 0.6) is 5.75 Å². The van der Waals surface area contributed by atoms with Gasteiger partial charge in [-0.3, -0.25) is 4.79 Å². The summed E-state index contributed by atoms with van der Waals surface area (Å²) >= 11 is 5.63. The molecule has 2 rings (SSSR count). The summed E-state index contributed by atoms with van der Waals surface area (Å²) in [4.78, 5) is 12.0. The lowest BCUT2D eigenvalue weighted by molar-refractivity contribution is -0.117. The zero-order chi connectivity index (χ0) is 17.5. The van der Waals surface area contributed by atoms with Crippen molar-refractivity contribution < 1.29 is 19.0 Å². The molecule has 0 saturated heterocycles. The largest absolute Gasteiger partial charge is 0.496 e. The Labute approximate surface area is 144 Å². The summed E-state index contributed by atoms with van der Waals surface area (Å²) in [5.41, 5.74) is 1.17. The van der Waals surface area contributed by atoms with Gasteiger partial charge in [0.25, 0.3) is 0 Å². The summed E-state index contributed by atoms with van der Waals surface area (Å²) in [6, 6.07) is 10.6. The highest BCUT2D eigenvalue weighted by atomic mass is 35.5. The second-order valence-corrected chi connectivity index (χ2v) is 5.40. The number of hydrogen-bond acceptors (Lipinski definition) is 3. The van der Waals surface area contributed by atoms with Gasteiger partial charge in [-0.15, -0.1) is 0 Å². The van der Waals surface area contributed by atoms with Gasteiger partial charge in [-0.1, -0.05) is 35.9 Å². The predicted molar refractivity (Wildman–Crippen MR) is 91.4 cm³/mol. The van der Waals surface area contributed by atoms with Crippen molar-refractivity contribution in [3.05, 3.63) is 70.5 Å². The summed E-state index contributed by atoms with van der Waals surface area (Å²) in [5, 5.41) is 12.0. The van der Waals surface area contributed by atoms with E-state index in [0.29, 0.717) is 11.3 Å². The molecule has 0 radical (unpaired) electrons. The van der Waals surface area contributed by atoms with Gasteiger partial charge in [0.2, 0.25) is 5.91 Å². The number of ether oxygens (including phenoxy) is 1. The Morgan fingerprint density at radius 3 is 2.79 bits per heavy atom. The fourth-order valence-electron chi connectivity index (χ4n) is 2.15. The number of hydrogen-bond donors (Lipinski definition) is 2. The third-order valence-corrected chi connectivity index (χ3v) is 3.70. The van der Waals surface area contributed by atoms with Crippen LogP contribution in [-0.2, 0) is 4.79 Å². The number of para-hydroxylation sites is 1. The molecule has 0 fully saturated rings. The average Bonchev–Trinajstić information content (AvgIpc) is 2.60. The molecule has 24 heavy (non-hydrogen) atoms. The van der Waals surface area contributed by atoms with Gasteiger partial charge >= 0.3 is 0 Å². The van der Waals surface area contributed by atoms with E-state index in [9.17, 15) is 14.3 Å². The first-order chi connectivity index (χ1) is 11.5. The first-order valence-electron chi connectivity index (χ1n) is 7.22. The second kappa shape index (κ2) is 8.47. The molecule has 0 spiro atoms. The molecule has 2 N–H and O–H groups in total. The van der Waals surface area contributed by atoms with E-state index >= 15 is 0 Å². The summed E-state index contributed by atoms with van der Waals surface area (Å²) in [5.74, 6) is -0.387. The quantitative estimate of drug-likeness (QED) is 0.786. The number of amides is 1. The Kier molecular flexibility index (Phi) is 6.35. The number of nitrogens with one attached hydrogen (secondary N) is 1. The van der Waals surface area contributed by atoms with Gasteiger partial charge < -0.3 is 15.2 Å². The van der Waals surface area contributed by atoms with E-state index in [1.165, 1.54) is 18.2 Å². The minimum absolute atomic E-state index is 0.0159. The summed E-state index contributed by atoms with van der Waals surface area (Å²) in [6.45, 7) is -0.366. The van der Waals surface area contributed by atoms with E-state index < -0.39 is 17.8 Å². The molecule has 0 aliphatic heterocycles. The SMILES string of the molecule is COc1ccccc1/C=C/C(=O)NC(CO)c1ccc(Cl)c(F)c1. The van der Waals surface area contributed by atoms with Gasteiger partial charge in [0.05, 0.1) is 24.8 Å². The molecule has 126 valence electrons. The van der Waals surface area contributed by atoms with Gasteiger partial charge in [0.1, 0.15) is 11.6 Å². The number of aliphatic hydroxyl groups is 1. The first kappa shape index (κ1) is 18.0. The molecule has 4 nitrogen and oxygen atoms in total. The van der Waals surface area contributed by atoms with Gasteiger partial charge in [-0.05, 0) is 29.8 Å². The summed E-state index contributed by atoms with van der Waals surface area (Å²) in [7, 11) is 1.55. The highest BCUT2D eigenvalue weighted by Gasteiger charge is 2.14. The van der Waals surface area contributed by atoms with Crippen molar-refractivity contribution >= 4 is 23.6 Å². The van der Waals surface area contributed by atoms with E-state index in [0.717, 1.165) is 5.56 Å². The zero-order valence-corrected chi connectivity index (χ0v) is 13.8. The fourth-order valence-corrected chi connectivity index (χ4v) is 2.27. The van der Waals surface area contributed by atoms with Crippen LogP contribution in [0.4, 0.5) is 4.39 Å². The number of halogens is 2. The van der Waals surface area contributed by atoms with Crippen LogP contribution in [-0.4, -0.2) is 24.7 Å². The van der Waals surface area contributed by atoms with Crippen LogP contribution in [0, 0.1) is 5.82 Å². The Hall–Kier alpha value is -2.37. The van der Waals surface area contributed by atoms with Crippen molar-refractivity contribution in [3.63, 3.8) is 0 Å². The summed E-state index contributed by atoms with van der Waals surface area (Å²) in [6.07, 6.45) is 2.93. The molecule has 0 heterocycles. The van der Waals surface area contributed by atoms with Crippen LogP contribution >= 0.6 is 11.6 Å². The van der Waals surface area contributed by atoms with Crippen molar-refractivity contribution in [2.75, 3.05) is 13.7 Å². The second-order valence-electron chi connectivity index (χ2n) is 4.99. The first-order valence-corrected chi connectivity index (χ1v) is 7.60. The minimum atomic E-state index is -0.730. The maximum Gasteiger partial charge on any atom is 0.244 e.